The van der Waals surface area contributed by atoms with E-state index in [1.54, 1.807) is 12.1 Å². The van der Waals surface area contributed by atoms with Crippen molar-refractivity contribution in [2.45, 2.75) is 13.0 Å². The Morgan fingerprint density at radius 1 is 1.12 bits per heavy atom. The molecule has 2 aromatic rings. The highest BCUT2D eigenvalue weighted by Gasteiger charge is 2.19. The average Bonchev–Trinajstić information content (AvgIpc) is 2.57. The van der Waals surface area contributed by atoms with E-state index in [-0.39, 0.29) is 0 Å². The number of carbonyl (C=O) groups excluding carboxylic acids is 2. The van der Waals surface area contributed by atoms with E-state index < -0.39 is 35.3 Å². The molecule has 130 valence electrons. The van der Waals surface area contributed by atoms with Crippen molar-refractivity contribution in [3.8, 4) is 0 Å². The van der Waals surface area contributed by atoms with Crippen molar-refractivity contribution in [1.29, 1.82) is 0 Å². The van der Waals surface area contributed by atoms with Crippen LogP contribution in [0.3, 0.4) is 0 Å². The van der Waals surface area contributed by atoms with E-state index in [0.29, 0.717) is 0 Å². The zero-order chi connectivity index (χ0) is 18.4. The smallest absolute Gasteiger partial charge is 0.331 e. The molecule has 0 saturated carbocycles. The molecule has 4 nitrogen and oxygen atoms in total. The molecule has 1 amide bonds. The first kappa shape index (κ1) is 18.8. The number of hydrogen-bond acceptors (Lipinski definition) is 3. The van der Waals surface area contributed by atoms with Crippen molar-refractivity contribution >= 4 is 39.6 Å². The molecule has 1 N–H and O–H groups in total. The SMILES string of the molecule is C[C@H](OC(=O)/C=C/c1ccc(Br)cc1)C(=O)Nc1c(F)cccc1F. The van der Waals surface area contributed by atoms with E-state index in [2.05, 4.69) is 21.2 Å². The monoisotopic (exact) mass is 409 g/mol. The van der Waals surface area contributed by atoms with Crippen molar-refractivity contribution in [2.24, 2.45) is 0 Å². The number of rotatable bonds is 5. The van der Waals surface area contributed by atoms with Crippen molar-refractivity contribution in [1.82, 2.24) is 0 Å². The normalized spacial score (nSPS) is 12.0. The first-order chi connectivity index (χ1) is 11.9. The van der Waals surface area contributed by atoms with Crippen molar-refractivity contribution < 1.29 is 23.1 Å². The van der Waals surface area contributed by atoms with Crippen LogP contribution in [0.1, 0.15) is 12.5 Å². The number of benzene rings is 2. The Hall–Kier alpha value is -2.54. The number of esters is 1. The number of anilines is 1. The topological polar surface area (TPSA) is 55.4 Å². The van der Waals surface area contributed by atoms with E-state index in [1.165, 1.54) is 19.1 Å². The Bertz CT molecular complexity index is 786. The fourth-order valence-corrected chi connectivity index (χ4v) is 2.11. The minimum atomic E-state index is -1.22. The maximum Gasteiger partial charge on any atom is 0.331 e. The van der Waals surface area contributed by atoms with Gasteiger partial charge in [-0.25, -0.2) is 13.6 Å². The molecule has 25 heavy (non-hydrogen) atoms. The molecular weight excluding hydrogens is 396 g/mol. The van der Waals surface area contributed by atoms with Crippen molar-refractivity contribution in [3.05, 3.63) is 70.2 Å². The van der Waals surface area contributed by atoms with Crippen LogP contribution in [0.2, 0.25) is 0 Å². The van der Waals surface area contributed by atoms with Gasteiger partial charge in [0.2, 0.25) is 0 Å². The van der Waals surface area contributed by atoms with Crippen LogP contribution in [-0.4, -0.2) is 18.0 Å². The first-order valence-corrected chi connectivity index (χ1v) is 8.05. The van der Waals surface area contributed by atoms with Gasteiger partial charge in [0.15, 0.2) is 6.10 Å². The summed E-state index contributed by atoms with van der Waals surface area (Å²) >= 11 is 3.30. The number of nitrogens with one attached hydrogen (secondary N) is 1. The quantitative estimate of drug-likeness (QED) is 0.591. The lowest BCUT2D eigenvalue weighted by atomic mass is 10.2. The van der Waals surface area contributed by atoms with Gasteiger partial charge < -0.3 is 10.1 Å². The molecule has 0 fully saturated rings. The molecule has 0 aliphatic carbocycles. The van der Waals surface area contributed by atoms with Gasteiger partial charge >= 0.3 is 5.97 Å². The highest BCUT2D eigenvalue weighted by Crippen LogP contribution is 2.18. The Morgan fingerprint density at radius 3 is 2.32 bits per heavy atom. The second kappa shape index (κ2) is 8.53. The molecule has 0 aliphatic heterocycles. The zero-order valence-corrected chi connectivity index (χ0v) is 14.7. The average molecular weight is 410 g/mol. The second-order valence-corrected chi connectivity index (χ2v) is 5.97. The lowest BCUT2D eigenvalue weighted by Gasteiger charge is -2.13. The third-order valence-corrected chi connectivity index (χ3v) is 3.68. The summed E-state index contributed by atoms with van der Waals surface area (Å²) in [5.41, 5.74) is 0.187. The van der Waals surface area contributed by atoms with Crippen LogP contribution < -0.4 is 5.32 Å². The molecule has 0 aliphatic rings. The van der Waals surface area contributed by atoms with E-state index >= 15 is 0 Å². The van der Waals surface area contributed by atoms with Crippen LogP contribution in [0, 0.1) is 11.6 Å². The minimum Gasteiger partial charge on any atom is -0.449 e. The van der Waals surface area contributed by atoms with Gasteiger partial charge in [-0.2, -0.15) is 0 Å². The predicted octanol–water partition coefficient (Wildman–Crippen LogP) is 4.31. The number of para-hydroxylation sites is 1. The van der Waals surface area contributed by atoms with Gasteiger partial charge in [0.05, 0.1) is 0 Å². The van der Waals surface area contributed by atoms with Crippen LogP contribution in [-0.2, 0) is 14.3 Å². The predicted molar refractivity (Wildman–Crippen MR) is 93.7 cm³/mol. The lowest BCUT2D eigenvalue weighted by molar-refractivity contribution is -0.148. The molecular formula is C18H14BrF2NO3. The summed E-state index contributed by atoms with van der Waals surface area (Å²) in [6.07, 6.45) is 1.47. The molecule has 0 saturated heterocycles. The van der Waals surface area contributed by atoms with E-state index in [9.17, 15) is 18.4 Å². The Labute approximate surface area is 151 Å². The van der Waals surface area contributed by atoms with Gasteiger partial charge in [-0.05, 0) is 42.8 Å². The number of ether oxygens (including phenoxy) is 1. The highest BCUT2D eigenvalue weighted by molar-refractivity contribution is 9.10. The summed E-state index contributed by atoms with van der Waals surface area (Å²) in [4.78, 5) is 23.7. The second-order valence-electron chi connectivity index (χ2n) is 5.05. The van der Waals surface area contributed by atoms with Crippen LogP contribution in [0.4, 0.5) is 14.5 Å². The zero-order valence-electron chi connectivity index (χ0n) is 13.1. The number of hydrogen-bond donors (Lipinski definition) is 1. The molecule has 0 radical (unpaired) electrons. The van der Waals surface area contributed by atoms with Crippen LogP contribution in [0.15, 0.2) is 53.0 Å². The Kier molecular flexibility index (Phi) is 6.41. The summed E-state index contributed by atoms with van der Waals surface area (Å²) < 4.78 is 32.8. The first-order valence-electron chi connectivity index (χ1n) is 7.26. The fourth-order valence-electron chi connectivity index (χ4n) is 1.85. The van der Waals surface area contributed by atoms with Gasteiger partial charge in [-0.1, -0.05) is 34.1 Å². The summed E-state index contributed by atoms with van der Waals surface area (Å²) in [6, 6.07) is 10.4. The standard InChI is InChI=1S/C18H14BrF2NO3/c1-11(18(24)22-17-14(20)3-2-4-15(17)21)25-16(23)10-7-12-5-8-13(19)9-6-12/h2-11H,1H3,(H,22,24)/b10-7+/t11-/m0/s1. The molecule has 1 atom stereocenters. The van der Waals surface area contributed by atoms with Gasteiger partial charge in [0.25, 0.3) is 5.91 Å². The molecule has 0 spiro atoms. The van der Waals surface area contributed by atoms with Crippen LogP contribution in [0.25, 0.3) is 6.08 Å². The van der Waals surface area contributed by atoms with E-state index in [0.717, 1.165) is 28.2 Å². The molecule has 2 aromatic carbocycles. The fraction of sp³-hybridized carbons (Fsp3) is 0.111. The summed E-state index contributed by atoms with van der Waals surface area (Å²) in [7, 11) is 0. The largest absolute Gasteiger partial charge is 0.449 e. The molecule has 2 rings (SSSR count). The van der Waals surface area contributed by atoms with Crippen molar-refractivity contribution in [2.75, 3.05) is 5.32 Å². The van der Waals surface area contributed by atoms with E-state index in [4.69, 9.17) is 4.74 Å². The van der Waals surface area contributed by atoms with Crippen LogP contribution in [0.5, 0.6) is 0 Å². The Morgan fingerprint density at radius 2 is 1.72 bits per heavy atom. The third-order valence-electron chi connectivity index (χ3n) is 3.15. The minimum absolute atomic E-state index is 0.583. The molecule has 0 heterocycles. The van der Waals surface area contributed by atoms with Gasteiger partial charge in [0.1, 0.15) is 17.3 Å². The summed E-state index contributed by atoms with van der Waals surface area (Å²) in [6.45, 7) is 1.31. The van der Waals surface area contributed by atoms with Crippen LogP contribution >= 0.6 is 15.9 Å². The molecule has 7 heteroatoms. The number of halogens is 3. The molecule has 0 unspecified atom stereocenters. The third kappa shape index (κ3) is 5.49. The summed E-state index contributed by atoms with van der Waals surface area (Å²) in [5.74, 6) is -3.42. The Balaban J connectivity index is 1.94. The van der Waals surface area contributed by atoms with Crippen molar-refractivity contribution in [3.63, 3.8) is 0 Å². The lowest BCUT2D eigenvalue weighted by Crippen LogP contribution is -2.30. The highest BCUT2D eigenvalue weighted by atomic mass is 79.9. The van der Waals surface area contributed by atoms with E-state index in [1.807, 2.05) is 12.1 Å². The van der Waals surface area contributed by atoms with Gasteiger partial charge in [-0.3, -0.25) is 4.79 Å². The maximum atomic E-state index is 13.5. The summed E-state index contributed by atoms with van der Waals surface area (Å²) in [5, 5.41) is 2.07. The maximum absolute atomic E-state index is 13.5. The molecule has 0 aromatic heterocycles. The van der Waals surface area contributed by atoms with Gasteiger partial charge in [0, 0.05) is 10.5 Å². The van der Waals surface area contributed by atoms with Gasteiger partial charge in [-0.15, -0.1) is 0 Å². The molecule has 0 bridgehead atoms. The number of amides is 1. The number of carbonyl (C=O) groups is 2.